The molecule has 1 aromatic rings. The molecule has 1 aromatic carbocycles. The third-order valence-corrected chi connectivity index (χ3v) is 2.94. The maximum atomic E-state index is 5.86. The first-order valence-corrected chi connectivity index (χ1v) is 5.95. The van der Waals surface area contributed by atoms with Gasteiger partial charge >= 0.3 is 0 Å². The second-order valence-electron chi connectivity index (χ2n) is 4.20. The van der Waals surface area contributed by atoms with Crippen LogP contribution >= 0.6 is 0 Å². The minimum atomic E-state index is 0.525. The zero-order valence-electron chi connectivity index (χ0n) is 9.61. The van der Waals surface area contributed by atoms with Crippen molar-refractivity contribution in [3.05, 3.63) is 42.5 Å². The van der Waals surface area contributed by atoms with Crippen molar-refractivity contribution in [2.75, 3.05) is 13.2 Å². The summed E-state index contributed by atoms with van der Waals surface area (Å²) in [5, 5.41) is 3.43. The summed E-state index contributed by atoms with van der Waals surface area (Å²) >= 11 is 0. The van der Waals surface area contributed by atoms with Crippen molar-refractivity contribution >= 4 is 0 Å². The fourth-order valence-corrected chi connectivity index (χ4v) is 2.06. The lowest BCUT2D eigenvalue weighted by atomic mass is 10.1. The predicted octanol–water partition coefficient (Wildman–Crippen LogP) is 2.55. The van der Waals surface area contributed by atoms with Crippen molar-refractivity contribution in [1.29, 1.82) is 0 Å². The Balaban J connectivity index is 1.94. The van der Waals surface area contributed by atoms with Gasteiger partial charge in [-0.1, -0.05) is 24.3 Å². The molecule has 1 aliphatic rings. The molecule has 1 fully saturated rings. The van der Waals surface area contributed by atoms with E-state index < -0.39 is 0 Å². The number of hydrogen-bond acceptors (Lipinski definition) is 2. The molecule has 1 aliphatic heterocycles. The van der Waals surface area contributed by atoms with E-state index in [1.54, 1.807) is 0 Å². The van der Waals surface area contributed by atoms with E-state index in [-0.39, 0.29) is 0 Å². The summed E-state index contributed by atoms with van der Waals surface area (Å²) in [4.78, 5) is 0. The zero-order valence-corrected chi connectivity index (χ0v) is 9.61. The highest BCUT2D eigenvalue weighted by Gasteiger charge is 2.14. The molecule has 1 saturated heterocycles. The van der Waals surface area contributed by atoms with Crippen LogP contribution in [0.2, 0.25) is 0 Å². The summed E-state index contributed by atoms with van der Waals surface area (Å²) in [6.07, 6.45) is 5.27. The van der Waals surface area contributed by atoms with Crippen LogP contribution in [0.1, 0.15) is 18.4 Å². The number of para-hydroxylation sites is 1. The number of hydrogen-bond donors (Lipinski definition) is 1. The van der Waals surface area contributed by atoms with Crippen molar-refractivity contribution in [2.45, 2.75) is 25.3 Å². The van der Waals surface area contributed by atoms with Crippen molar-refractivity contribution in [3.8, 4) is 5.75 Å². The van der Waals surface area contributed by atoms with Crippen LogP contribution in [-0.4, -0.2) is 19.2 Å². The van der Waals surface area contributed by atoms with Gasteiger partial charge in [0.25, 0.3) is 0 Å². The highest BCUT2D eigenvalue weighted by atomic mass is 16.5. The van der Waals surface area contributed by atoms with Crippen LogP contribution in [0, 0.1) is 0 Å². The highest BCUT2D eigenvalue weighted by molar-refractivity contribution is 5.34. The Morgan fingerprint density at radius 2 is 2.31 bits per heavy atom. The van der Waals surface area contributed by atoms with Crippen LogP contribution in [0.25, 0.3) is 0 Å². The van der Waals surface area contributed by atoms with Gasteiger partial charge in [0.05, 0.1) is 0 Å². The first kappa shape index (κ1) is 11.2. The lowest BCUT2D eigenvalue weighted by molar-refractivity contribution is 0.275. The van der Waals surface area contributed by atoms with Gasteiger partial charge in [0.1, 0.15) is 12.4 Å². The molecule has 16 heavy (non-hydrogen) atoms. The molecule has 0 aromatic heterocycles. The van der Waals surface area contributed by atoms with Crippen LogP contribution in [0.3, 0.4) is 0 Å². The van der Waals surface area contributed by atoms with Crippen molar-refractivity contribution < 1.29 is 4.74 Å². The summed E-state index contributed by atoms with van der Waals surface area (Å²) in [5.74, 6) is 0.996. The van der Waals surface area contributed by atoms with Crippen molar-refractivity contribution in [2.24, 2.45) is 0 Å². The van der Waals surface area contributed by atoms with Crippen LogP contribution in [0.15, 0.2) is 36.9 Å². The number of ether oxygens (including phenoxy) is 1. The molecule has 2 nitrogen and oxygen atoms in total. The molecule has 2 heteroatoms. The van der Waals surface area contributed by atoms with Crippen LogP contribution in [-0.2, 0) is 6.42 Å². The second kappa shape index (κ2) is 5.71. The van der Waals surface area contributed by atoms with E-state index in [2.05, 4.69) is 18.0 Å². The maximum absolute atomic E-state index is 5.86. The Kier molecular flexibility index (Phi) is 4.00. The maximum Gasteiger partial charge on any atom is 0.122 e. The monoisotopic (exact) mass is 217 g/mol. The van der Waals surface area contributed by atoms with Gasteiger partial charge in [0, 0.05) is 6.04 Å². The summed E-state index contributed by atoms with van der Waals surface area (Å²) in [7, 11) is 0. The number of rotatable bonds is 5. The molecule has 2 rings (SSSR count). The molecular formula is C14H19NO. The molecule has 0 unspecified atom stereocenters. The molecular weight excluding hydrogens is 198 g/mol. The Morgan fingerprint density at radius 3 is 3.06 bits per heavy atom. The Bertz CT molecular complexity index is 342. The van der Waals surface area contributed by atoms with Gasteiger partial charge in [-0.05, 0) is 37.4 Å². The molecule has 1 heterocycles. The first-order chi connectivity index (χ1) is 7.90. The normalized spacial score (nSPS) is 19.6. The van der Waals surface area contributed by atoms with Crippen LogP contribution in [0.4, 0.5) is 0 Å². The third-order valence-electron chi connectivity index (χ3n) is 2.94. The summed E-state index contributed by atoms with van der Waals surface area (Å²) in [5.41, 5.74) is 1.22. The lowest BCUT2D eigenvalue weighted by Gasteiger charge is -2.14. The number of allylic oxidation sites excluding steroid dienone is 1. The lowest BCUT2D eigenvalue weighted by Crippen LogP contribution is -2.28. The van der Waals surface area contributed by atoms with E-state index in [1.165, 1.54) is 18.4 Å². The fourth-order valence-electron chi connectivity index (χ4n) is 2.06. The van der Waals surface area contributed by atoms with Crippen molar-refractivity contribution in [3.63, 3.8) is 0 Å². The largest absolute Gasteiger partial charge is 0.492 e. The minimum absolute atomic E-state index is 0.525. The molecule has 0 saturated carbocycles. The molecule has 0 radical (unpaired) electrons. The average Bonchev–Trinajstić information content (AvgIpc) is 2.81. The molecule has 0 aliphatic carbocycles. The first-order valence-electron chi connectivity index (χ1n) is 5.95. The number of benzene rings is 1. The van der Waals surface area contributed by atoms with Gasteiger partial charge in [-0.2, -0.15) is 0 Å². The standard InChI is InChI=1S/C14H19NO/c1-2-6-12-7-3-4-9-14(12)16-11-13-8-5-10-15-13/h2-4,7,9,13,15H,1,5-6,8,10-11H2/t13-/m0/s1. The smallest absolute Gasteiger partial charge is 0.122 e. The highest BCUT2D eigenvalue weighted by Crippen LogP contribution is 2.19. The van der Waals surface area contributed by atoms with Crippen LogP contribution < -0.4 is 10.1 Å². The summed E-state index contributed by atoms with van der Waals surface area (Å²) < 4.78 is 5.86. The third kappa shape index (κ3) is 2.86. The summed E-state index contributed by atoms with van der Waals surface area (Å²) in [6, 6.07) is 8.72. The van der Waals surface area contributed by atoms with Gasteiger partial charge in [-0.25, -0.2) is 0 Å². The number of nitrogens with one attached hydrogen (secondary N) is 1. The molecule has 0 bridgehead atoms. The van der Waals surface area contributed by atoms with Gasteiger partial charge in [0.2, 0.25) is 0 Å². The fraction of sp³-hybridized carbons (Fsp3) is 0.429. The van der Waals surface area contributed by atoms with Crippen LogP contribution in [0.5, 0.6) is 5.75 Å². The van der Waals surface area contributed by atoms with E-state index >= 15 is 0 Å². The average molecular weight is 217 g/mol. The molecule has 1 N–H and O–H groups in total. The van der Waals surface area contributed by atoms with Gasteiger partial charge in [0.15, 0.2) is 0 Å². The van der Waals surface area contributed by atoms with E-state index in [9.17, 15) is 0 Å². The van der Waals surface area contributed by atoms with E-state index in [0.29, 0.717) is 6.04 Å². The SMILES string of the molecule is C=CCc1ccccc1OC[C@@H]1CCCN1. The van der Waals surface area contributed by atoms with Gasteiger partial charge < -0.3 is 10.1 Å². The topological polar surface area (TPSA) is 21.3 Å². The molecule has 1 atom stereocenters. The quantitative estimate of drug-likeness (QED) is 0.765. The van der Waals surface area contributed by atoms with E-state index in [1.807, 2.05) is 24.3 Å². The summed E-state index contributed by atoms with van der Waals surface area (Å²) in [6.45, 7) is 5.67. The van der Waals surface area contributed by atoms with Gasteiger partial charge in [-0.3, -0.25) is 0 Å². The Labute approximate surface area is 97.3 Å². The molecule has 86 valence electrons. The predicted molar refractivity (Wildman–Crippen MR) is 66.9 cm³/mol. The zero-order chi connectivity index (χ0) is 11.2. The van der Waals surface area contributed by atoms with Gasteiger partial charge in [-0.15, -0.1) is 6.58 Å². The van der Waals surface area contributed by atoms with E-state index in [0.717, 1.165) is 25.3 Å². The second-order valence-corrected chi connectivity index (χ2v) is 4.20. The Hall–Kier alpha value is -1.28. The Morgan fingerprint density at radius 1 is 1.44 bits per heavy atom. The van der Waals surface area contributed by atoms with Crippen molar-refractivity contribution in [1.82, 2.24) is 5.32 Å². The minimum Gasteiger partial charge on any atom is -0.492 e. The van der Waals surface area contributed by atoms with E-state index in [4.69, 9.17) is 4.74 Å². The molecule has 0 amide bonds. The molecule has 0 spiro atoms.